The summed E-state index contributed by atoms with van der Waals surface area (Å²) >= 11 is 5.85. The molecule has 0 aliphatic heterocycles. The molecule has 1 amide bonds. The van der Waals surface area contributed by atoms with Crippen LogP contribution >= 0.6 is 11.6 Å². The molecular formula is C19H22ClNO2. The Labute approximate surface area is 142 Å². The molecule has 0 bridgehead atoms. The topological polar surface area (TPSA) is 38.3 Å². The molecule has 3 nitrogen and oxygen atoms in total. The Bertz CT molecular complexity index is 653. The molecule has 1 N–H and O–H groups in total. The van der Waals surface area contributed by atoms with Gasteiger partial charge in [0.15, 0.2) is 6.61 Å². The Morgan fingerprint density at radius 2 is 1.87 bits per heavy atom. The average Bonchev–Trinajstić information content (AvgIpc) is 2.54. The SMILES string of the molecule is Cc1cccc(OCC(=O)NCCCc2ccc(Cl)cc2)c1C. The molecule has 0 radical (unpaired) electrons. The highest BCUT2D eigenvalue weighted by molar-refractivity contribution is 6.30. The van der Waals surface area contributed by atoms with Gasteiger partial charge in [0, 0.05) is 11.6 Å². The largest absolute Gasteiger partial charge is 0.483 e. The first kappa shape index (κ1) is 17.4. The van der Waals surface area contributed by atoms with E-state index >= 15 is 0 Å². The molecule has 0 heterocycles. The van der Waals surface area contributed by atoms with Crippen molar-refractivity contribution < 1.29 is 9.53 Å². The summed E-state index contributed by atoms with van der Waals surface area (Å²) in [5, 5.41) is 3.62. The van der Waals surface area contributed by atoms with Gasteiger partial charge in [0.25, 0.3) is 5.91 Å². The summed E-state index contributed by atoms with van der Waals surface area (Å²) in [4.78, 5) is 11.8. The third kappa shape index (κ3) is 5.61. The number of carbonyl (C=O) groups is 1. The van der Waals surface area contributed by atoms with Crippen molar-refractivity contribution in [2.24, 2.45) is 0 Å². The van der Waals surface area contributed by atoms with Crippen LogP contribution in [0.25, 0.3) is 0 Å². The van der Waals surface area contributed by atoms with E-state index in [4.69, 9.17) is 16.3 Å². The van der Waals surface area contributed by atoms with Gasteiger partial charge in [0.05, 0.1) is 0 Å². The lowest BCUT2D eigenvalue weighted by atomic mass is 10.1. The van der Waals surface area contributed by atoms with E-state index in [1.165, 1.54) is 5.56 Å². The fourth-order valence-corrected chi connectivity index (χ4v) is 2.37. The quantitative estimate of drug-likeness (QED) is 0.776. The van der Waals surface area contributed by atoms with Gasteiger partial charge in [-0.15, -0.1) is 0 Å². The highest BCUT2D eigenvalue weighted by Gasteiger charge is 2.05. The zero-order chi connectivity index (χ0) is 16.7. The first-order chi connectivity index (χ1) is 11.1. The third-order valence-corrected chi connectivity index (χ3v) is 4.04. The maximum atomic E-state index is 11.8. The number of hydrogen-bond donors (Lipinski definition) is 1. The van der Waals surface area contributed by atoms with Crippen molar-refractivity contribution in [3.8, 4) is 5.75 Å². The third-order valence-electron chi connectivity index (χ3n) is 3.79. The highest BCUT2D eigenvalue weighted by atomic mass is 35.5. The summed E-state index contributed by atoms with van der Waals surface area (Å²) in [6.07, 6.45) is 1.80. The second-order valence-corrected chi connectivity index (χ2v) is 6.00. The number of carbonyl (C=O) groups excluding carboxylic acids is 1. The summed E-state index contributed by atoms with van der Waals surface area (Å²) < 4.78 is 5.58. The molecule has 0 spiro atoms. The Kier molecular flexibility index (Phi) is 6.48. The molecule has 4 heteroatoms. The van der Waals surface area contributed by atoms with Crippen LogP contribution in [0.4, 0.5) is 0 Å². The molecule has 23 heavy (non-hydrogen) atoms. The Hall–Kier alpha value is -2.00. The van der Waals surface area contributed by atoms with Crippen molar-refractivity contribution >= 4 is 17.5 Å². The van der Waals surface area contributed by atoms with Crippen LogP contribution in [0.2, 0.25) is 5.02 Å². The van der Waals surface area contributed by atoms with E-state index in [0.717, 1.165) is 34.7 Å². The smallest absolute Gasteiger partial charge is 0.257 e. The summed E-state index contributed by atoms with van der Waals surface area (Å²) in [5.74, 6) is 0.670. The fourth-order valence-electron chi connectivity index (χ4n) is 2.25. The number of aryl methyl sites for hydroxylation is 2. The molecular weight excluding hydrogens is 310 g/mol. The van der Waals surface area contributed by atoms with Crippen molar-refractivity contribution in [2.45, 2.75) is 26.7 Å². The van der Waals surface area contributed by atoms with Crippen LogP contribution < -0.4 is 10.1 Å². The van der Waals surface area contributed by atoms with Gasteiger partial charge in [-0.25, -0.2) is 0 Å². The number of nitrogens with one attached hydrogen (secondary N) is 1. The van der Waals surface area contributed by atoms with Crippen molar-refractivity contribution in [3.63, 3.8) is 0 Å². The normalized spacial score (nSPS) is 10.4. The average molecular weight is 332 g/mol. The summed E-state index contributed by atoms with van der Waals surface area (Å²) in [7, 11) is 0. The molecule has 0 saturated heterocycles. The second kappa shape index (κ2) is 8.59. The molecule has 2 aromatic rings. The van der Waals surface area contributed by atoms with Gasteiger partial charge < -0.3 is 10.1 Å². The first-order valence-corrected chi connectivity index (χ1v) is 8.14. The van der Waals surface area contributed by atoms with Gasteiger partial charge in [-0.2, -0.15) is 0 Å². The molecule has 122 valence electrons. The van der Waals surface area contributed by atoms with Crippen LogP contribution in [0.1, 0.15) is 23.1 Å². The van der Waals surface area contributed by atoms with Gasteiger partial charge in [-0.3, -0.25) is 4.79 Å². The minimum absolute atomic E-state index is 0.0469. The van der Waals surface area contributed by atoms with Crippen LogP contribution in [0.5, 0.6) is 5.75 Å². The maximum absolute atomic E-state index is 11.8. The molecule has 0 fully saturated rings. The van der Waals surface area contributed by atoms with Crippen LogP contribution in [-0.2, 0) is 11.2 Å². The number of halogens is 1. The monoisotopic (exact) mass is 331 g/mol. The number of ether oxygens (including phenoxy) is 1. The molecule has 2 rings (SSSR count). The van der Waals surface area contributed by atoms with Gasteiger partial charge in [-0.05, 0) is 61.6 Å². The molecule has 0 aromatic heterocycles. The Morgan fingerprint density at radius 1 is 1.13 bits per heavy atom. The van der Waals surface area contributed by atoms with Crippen molar-refractivity contribution in [2.75, 3.05) is 13.2 Å². The van der Waals surface area contributed by atoms with Crippen molar-refractivity contribution in [3.05, 3.63) is 64.2 Å². The van der Waals surface area contributed by atoms with Gasteiger partial charge in [0.1, 0.15) is 5.75 Å². The van der Waals surface area contributed by atoms with Crippen molar-refractivity contribution in [1.29, 1.82) is 0 Å². The van der Waals surface area contributed by atoms with E-state index in [2.05, 4.69) is 5.32 Å². The lowest BCUT2D eigenvalue weighted by Gasteiger charge is -2.11. The Balaban J connectivity index is 1.67. The zero-order valence-electron chi connectivity index (χ0n) is 13.6. The molecule has 0 saturated carbocycles. The summed E-state index contributed by atoms with van der Waals surface area (Å²) in [5.41, 5.74) is 3.45. The molecule has 0 atom stereocenters. The van der Waals surface area contributed by atoms with Gasteiger partial charge in [-0.1, -0.05) is 35.9 Å². The van der Waals surface area contributed by atoms with Crippen molar-refractivity contribution in [1.82, 2.24) is 5.32 Å². The molecule has 0 aliphatic carbocycles. The molecule has 0 aliphatic rings. The van der Waals surface area contributed by atoms with Gasteiger partial charge in [0.2, 0.25) is 0 Å². The maximum Gasteiger partial charge on any atom is 0.257 e. The highest BCUT2D eigenvalue weighted by Crippen LogP contribution is 2.20. The van der Waals surface area contributed by atoms with E-state index in [-0.39, 0.29) is 12.5 Å². The van der Waals surface area contributed by atoms with Crippen LogP contribution in [0.3, 0.4) is 0 Å². The van der Waals surface area contributed by atoms with E-state index in [1.54, 1.807) is 0 Å². The van der Waals surface area contributed by atoms with E-state index in [0.29, 0.717) is 6.54 Å². The number of benzene rings is 2. The minimum Gasteiger partial charge on any atom is -0.483 e. The van der Waals surface area contributed by atoms with Crippen LogP contribution in [0.15, 0.2) is 42.5 Å². The summed E-state index contributed by atoms with van der Waals surface area (Å²) in [6.45, 7) is 4.70. The lowest BCUT2D eigenvalue weighted by molar-refractivity contribution is -0.123. The van der Waals surface area contributed by atoms with Crippen LogP contribution in [0, 0.1) is 13.8 Å². The van der Waals surface area contributed by atoms with E-state index in [1.807, 2.05) is 56.3 Å². The standard InChI is InChI=1S/C19H22ClNO2/c1-14-5-3-7-18(15(14)2)23-13-19(22)21-12-4-6-16-8-10-17(20)11-9-16/h3,5,7-11H,4,6,12-13H2,1-2H3,(H,21,22). The van der Waals surface area contributed by atoms with E-state index < -0.39 is 0 Å². The molecule has 2 aromatic carbocycles. The summed E-state index contributed by atoms with van der Waals surface area (Å²) in [6, 6.07) is 13.6. The van der Waals surface area contributed by atoms with Crippen LogP contribution in [-0.4, -0.2) is 19.1 Å². The predicted octanol–water partition coefficient (Wildman–Crippen LogP) is 4.08. The van der Waals surface area contributed by atoms with E-state index in [9.17, 15) is 4.79 Å². The predicted molar refractivity (Wildman–Crippen MR) is 94.2 cm³/mol. The fraction of sp³-hybridized carbons (Fsp3) is 0.316. The lowest BCUT2D eigenvalue weighted by Crippen LogP contribution is -2.30. The Morgan fingerprint density at radius 3 is 2.61 bits per heavy atom. The zero-order valence-corrected chi connectivity index (χ0v) is 14.3. The second-order valence-electron chi connectivity index (χ2n) is 5.57. The molecule has 0 unspecified atom stereocenters. The van der Waals surface area contributed by atoms with Gasteiger partial charge >= 0.3 is 0 Å². The number of amides is 1. The number of rotatable bonds is 7. The number of hydrogen-bond acceptors (Lipinski definition) is 2. The minimum atomic E-state index is -0.0954. The first-order valence-electron chi connectivity index (χ1n) is 7.76.